The summed E-state index contributed by atoms with van der Waals surface area (Å²) < 4.78 is 23.3. The first-order valence-electron chi connectivity index (χ1n) is 14.0. The number of nitrogens with one attached hydrogen (secondary N) is 1. The molecule has 2 aromatic carbocycles. The van der Waals surface area contributed by atoms with Crippen molar-refractivity contribution in [3.63, 3.8) is 0 Å². The third-order valence-electron chi connectivity index (χ3n) is 9.22. The molecule has 2 bridgehead atoms. The molecule has 1 amide bonds. The van der Waals surface area contributed by atoms with Crippen molar-refractivity contribution in [2.45, 2.75) is 51.4 Å². The second-order valence-corrected chi connectivity index (χ2v) is 11.3. The molecule has 1 N–H and O–H groups in total. The molecule has 9 heteroatoms. The number of benzene rings is 2. The molecule has 9 nitrogen and oxygen atoms in total. The number of carbonyl (C=O) groups excluding carboxylic acids is 2. The van der Waals surface area contributed by atoms with Crippen molar-refractivity contribution in [2.75, 3.05) is 33.8 Å². The van der Waals surface area contributed by atoms with Gasteiger partial charge in [0.05, 0.1) is 39.5 Å². The minimum atomic E-state index is -0.485. The number of nitrogens with zero attached hydrogens (tertiary/aromatic N) is 2. The molecule has 41 heavy (non-hydrogen) atoms. The third kappa shape index (κ3) is 5.37. The molecule has 1 heterocycles. The molecule has 1 aromatic heterocycles. The van der Waals surface area contributed by atoms with E-state index in [1.165, 1.54) is 7.11 Å². The molecule has 0 atom stereocenters. The Labute approximate surface area is 241 Å². The number of hydrogen-bond donors (Lipinski definition) is 1. The van der Waals surface area contributed by atoms with E-state index in [1.54, 1.807) is 21.3 Å². The molecule has 3 aromatic rings. The van der Waals surface area contributed by atoms with Crippen molar-refractivity contribution in [3.05, 3.63) is 65.0 Å². The lowest BCUT2D eigenvalue weighted by atomic mass is 9.53. The second kappa shape index (κ2) is 11.5. The van der Waals surface area contributed by atoms with Gasteiger partial charge in [-0.15, -0.1) is 0 Å². The van der Waals surface area contributed by atoms with Crippen LogP contribution < -0.4 is 19.5 Å². The topological polar surface area (TPSA) is 101 Å². The maximum absolute atomic E-state index is 13.8. The van der Waals surface area contributed by atoms with Gasteiger partial charge in [0.25, 0.3) is 0 Å². The number of imidazole rings is 1. The summed E-state index contributed by atoms with van der Waals surface area (Å²) in [6, 6.07) is 13.8. The van der Waals surface area contributed by atoms with Gasteiger partial charge in [-0.25, -0.2) is 4.98 Å². The Hall–Kier alpha value is -4.01. The zero-order valence-electron chi connectivity index (χ0n) is 24.5. The van der Waals surface area contributed by atoms with Crippen LogP contribution in [0.1, 0.15) is 61.0 Å². The van der Waals surface area contributed by atoms with Crippen molar-refractivity contribution >= 4 is 17.8 Å². The zero-order valence-corrected chi connectivity index (χ0v) is 24.5. The fraction of sp³-hybridized carbons (Fsp3) is 0.469. The Morgan fingerprint density at radius 3 is 2.00 bits per heavy atom. The minimum Gasteiger partial charge on any atom is -0.497 e. The van der Waals surface area contributed by atoms with Crippen molar-refractivity contribution in [1.29, 1.82) is 0 Å². The standard InChI is InChI=1S/C32H39N3O6/c1-35-25(19-22-8-11-26(39-3)27(20-22)40-4)24(18-21-6-9-23(38-2)10-7-21)33-30(35)34-28(36)31-12-15-32(16-13-31,17-14-31)29(37)41-5/h6-11,20H,12-19H2,1-5H3,(H,33,34,36). The van der Waals surface area contributed by atoms with Crippen LogP contribution in [0.15, 0.2) is 42.5 Å². The highest BCUT2D eigenvalue weighted by Gasteiger charge is 2.56. The van der Waals surface area contributed by atoms with Crippen molar-refractivity contribution in [2.24, 2.45) is 17.9 Å². The van der Waals surface area contributed by atoms with Gasteiger partial charge in [-0.05, 0) is 73.9 Å². The minimum absolute atomic E-state index is 0.0163. The highest BCUT2D eigenvalue weighted by atomic mass is 16.5. The maximum atomic E-state index is 13.8. The Balaban J connectivity index is 1.42. The molecular formula is C32H39N3O6. The molecular weight excluding hydrogens is 522 g/mol. The van der Waals surface area contributed by atoms with E-state index in [0.29, 0.717) is 68.8 Å². The SMILES string of the molecule is COC(=O)C12CCC(C(=O)Nc3nc(Cc4ccc(OC)cc4)c(Cc4ccc(OC)c(OC)c4)n3C)(CC1)CC2. The lowest BCUT2D eigenvalue weighted by Gasteiger charge is -2.50. The second-order valence-electron chi connectivity index (χ2n) is 11.3. The van der Waals surface area contributed by atoms with Crippen molar-refractivity contribution in [1.82, 2.24) is 9.55 Å². The predicted molar refractivity (Wildman–Crippen MR) is 155 cm³/mol. The molecule has 0 radical (unpaired) electrons. The van der Waals surface area contributed by atoms with Crippen molar-refractivity contribution < 1.29 is 28.5 Å². The Morgan fingerprint density at radius 2 is 1.41 bits per heavy atom. The number of esters is 1. The number of amides is 1. The zero-order chi connectivity index (χ0) is 29.2. The number of anilines is 1. The number of carbonyl (C=O) groups is 2. The quantitative estimate of drug-likeness (QED) is 0.345. The van der Waals surface area contributed by atoms with Gasteiger partial charge < -0.3 is 23.5 Å². The summed E-state index contributed by atoms with van der Waals surface area (Å²) in [6.07, 6.45) is 5.27. The predicted octanol–water partition coefficient (Wildman–Crippen LogP) is 5.08. The average Bonchev–Trinajstić information content (AvgIpc) is 3.30. The lowest BCUT2D eigenvalue weighted by molar-refractivity contribution is -0.165. The molecule has 0 aliphatic heterocycles. The first-order valence-corrected chi connectivity index (χ1v) is 14.0. The summed E-state index contributed by atoms with van der Waals surface area (Å²) in [4.78, 5) is 31.2. The number of ether oxygens (including phenoxy) is 4. The van der Waals surface area contributed by atoms with Gasteiger partial charge in [-0.3, -0.25) is 14.9 Å². The Bertz CT molecular complexity index is 1400. The van der Waals surface area contributed by atoms with E-state index in [9.17, 15) is 9.59 Å². The Kier molecular flexibility index (Phi) is 7.98. The van der Waals surface area contributed by atoms with Crippen LogP contribution in [-0.4, -0.2) is 49.9 Å². The third-order valence-corrected chi connectivity index (χ3v) is 9.22. The van der Waals surface area contributed by atoms with Gasteiger partial charge >= 0.3 is 5.97 Å². The normalized spacial score (nSPS) is 21.3. The largest absolute Gasteiger partial charge is 0.497 e. The van der Waals surface area contributed by atoms with E-state index in [-0.39, 0.29) is 11.9 Å². The van der Waals surface area contributed by atoms with Gasteiger partial charge in [0.15, 0.2) is 11.5 Å². The molecule has 0 spiro atoms. The molecule has 0 saturated heterocycles. The number of rotatable bonds is 10. The maximum Gasteiger partial charge on any atom is 0.311 e. The van der Waals surface area contributed by atoms with Crippen LogP contribution in [-0.2, 0) is 34.2 Å². The first kappa shape index (κ1) is 28.5. The smallest absolute Gasteiger partial charge is 0.311 e. The summed E-state index contributed by atoms with van der Waals surface area (Å²) in [5, 5.41) is 3.18. The molecule has 3 aliphatic carbocycles. The molecule has 3 saturated carbocycles. The fourth-order valence-corrected chi connectivity index (χ4v) is 6.47. The summed E-state index contributed by atoms with van der Waals surface area (Å²) in [5.41, 5.74) is 3.10. The van der Waals surface area contributed by atoms with E-state index in [2.05, 4.69) is 5.32 Å². The van der Waals surface area contributed by atoms with Gasteiger partial charge in [0, 0.05) is 31.0 Å². The highest BCUT2D eigenvalue weighted by Crippen LogP contribution is 2.57. The van der Waals surface area contributed by atoms with E-state index in [0.717, 1.165) is 28.3 Å². The molecule has 218 valence electrons. The summed E-state index contributed by atoms with van der Waals surface area (Å²) in [5.74, 6) is 2.50. The lowest BCUT2D eigenvalue weighted by Crippen LogP contribution is -2.51. The van der Waals surface area contributed by atoms with Crippen molar-refractivity contribution in [3.8, 4) is 17.2 Å². The summed E-state index contributed by atoms with van der Waals surface area (Å²) >= 11 is 0. The van der Waals surface area contributed by atoms with Crippen LogP contribution in [0.2, 0.25) is 0 Å². The number of hydrogen-bond acceptors (Lipinski definition) is 7. The highest BCUT2D eigenvalue weighted by molar-refractivity contribution is 5.95. The molecule has 6 rings (SSSR count). The Morgan fingerprint density at radius 1 is 0.805 bits per heavy atom. The van der Waals surface area contributed by atoms with Crippen LogP contribution >= 0.6 is 0 Å². The molecule has 3 fully saturated rings. The first-order chi connectivity index (χ1) is 19.8. The summed E-state index contributed by atoms with van der Waals surface area (Å²) in [7, 11) is 8.29. The van der Waals surface area contributed by atoms with Crippen LogP contribution in [0.25, 0.3) is 0 Å². The van der Waals surface area contributed by atoms with Gasteiger partial charge in [0.1, 0.15) is 5.75 Å². The molecule has 0 unspecified atom stereocenters. The number of aromatic nitrogens is 2. The van der Waals surface area contributed by atoms with Crippen LogP contribution in [0.3, 0.4) is 0 Å². The number of fused-ring (bicyclic) bond motifs is 3. The van der Waals surface area contributed by atoms with Gasteiger partial charge in [0.2, 0.25) is 11.9 Å². The van der Waals surface area contributed by atoms with Crippen LogP contribution in [0.5, 0.6) is 17.2 Å². The monoisotopic (exact) mass is 561 g/mol. The van der Waals surface area contributed by atoms with E-state index >= 15 is 0 Å². The van der Waals surface area contributed by atoms with E-state index < -0.39 is 10.8 Å². The van der Waals surface area contributed by atoms with Gasteiger partial charge in [-0.2, -0.15) is 0 Å². The van der Waals surface area contributed by atoms with Crippen LogP contribution in [0.4, 0.5) is 5.95 Å². The van der Waals surface area contributed by atoms with Crippen LogP contribution in [0, 0.1) is 10.8 Å². The number of methoxy groups -OCH3 is 4. The fourth-order valence-electron chi connectivity index (χ4n) is 6.47. The van der Waals surface area contributed by atoms with E-state index in [1.807, 2.05) is 54.1 Å². The molecule has 3 aliphatic rings. The summed E-state index contributed by atoms with van der Waals surface area (Å²) in [6.45, 7) is 0. The van der Waals surface area contributed by atoms with E-state index in [4.69, 9.17) is 23.9 Å². The average molecular weight is 562 g/mol. The van der Waals surface area contributed by atoms with Gasteiger partial charge in [-0.1, -0.05) is 18.2 Å².